The second-order valence-electron chi connectivity index (χ2n) is 6.30. The van der Waals surface area contributed by atoms with Crippen molar-refractivity contribution in [3.05, 3.63) is 70.6 Å². The van der Waals surface area contributed by atoms with Crippen LogP contribution in [0.1, 0.15) is 38.8 Å². The number of ether oxygens (including phenoxy) is 1. The summed E-state index contributed by atoms with van der Waals surface area (Å²) in [5.74, 6) is -1.31. The third-order valence-corrected chi connectivity index (χ3v) is 5.78. The molecule has 1 fully saturated rings. The normalized spacial score (nSPS) is 16.4. The summed E-state index contributed by atoms with van der Waals surface area (Å²) in [5, 5.41) is 10.6. The van der Waals surface area contributed by atoms with Crippen LogP contribution in [0.25, 0.3) is 0 Å². The first-order valence-electron chi connectivity index (χ1n) is 9.91. The molecule has 1 amide bonds. The summed E-state index contributed by atoms with van der Waals surface area (Å²) in [7, 11) is -2.70. The van der Waals surface area contributed by atoms with E-state index in [2.05, 4.69) is 0 Å². The number of esters is 1. The minimum absolute atomic E-state index is 0.00514. The second kappa shape index (κ2) is 11.9. The lowest BCUT2D eigenvalue weighted by Gasteiger charge is -2.18. The Morgan fingerprint density at radius 3 is 2.19 bits per heavy atom. The minimum atomic E-state index is -4.02. The summed E-state index contributed by atoms with van der Waals surface area (Å²) >= 11 is 0. The Balaban J connectivity index is 0.00000233. The number of aliphatic hydroxyl groups is 1. The number of amides is 1. The van der Waals surface area contributed by atoms with Crippen molar-refractivity contribution in [1.82, 2.24) is 9.03 Å². The third-order valence-electron chi connectivity index (χ3n) is 4.39. The molecule has 0 unspecified atom stereocenters. The zero-order valence-electron chi connectivity index (χ0n) is 18.5. The molecule has 0 aromatic heterocycles. The van der Waals surface area contributed by atoms with Crippen molar-refractivity contribution in [2.45, 2.75) is 40.5 Å². The SMILES string of the molecule is CC.C\C=C(/C=C(O)\C(=C/C)N1CC(=O)NS1(=O)=O)Cc1ccccc1CC(=O)OC. The van der Waals surface area contributed by atoms with Crippen LogP contribution in [0.15, 0.2) is 59.5 Å². The Labute approximate surface area is 184 Å². The number of nitrogens with zero attached hydrogens (tertiary/aromatic N) is 1. The summed E-state index contributed by atoms with van der Waals surface area (Å²) in [6.45, 7) is 6.96. The van der Waals surface area contributed by atoms with E-state index >= 15 is 0 Å². The molecule has 1 heterocycles. The number of aliphatic hydroxyl groups excluding tert-OH is 1. The highest BCUT2D eigenvalue weighted by molar-refractivity contribution is 7.88. The zero-order valence-corrected chi connectivity index (χ0v) is 19.3. The van der Waals surface area contributed by atoms with E-state index in [9.17, 15) is 23.1 Å². The highest BCUT2D eigenvalue weighted by Gasteiger charge is 2.36. The molecule has 2 N–H and O–H groups in total. The first-order chi connectivity index (χ1) is 14.7. The average molecular weight is 451 g/mol. The Morgan fingerprint density at radius 2 is 1.74 bits per heavy atom. The fourth-order valence-corrected chi connectivity index (χ4v) is 4.12. The molecular formula is C22H30N2O6S. The maximum Gasteiger partial charge on any atom is 0.326 e. The molecule has 0 spiro atoms. The van der Waals surface area contributed by atoms with E-state index in [-0.39, 0.29) is 23.8 Å². The van der Waals surface area contributed by atoms with Crippen molar-refractivity contribution >= 4 is 22.1 Å². The van der Waals surface area contributed by atoms with Crippen LogP contribution >= 0.6 is 0 Å². The lowest BCUT2D eigenvalue weighted by atomic mass is 9.97. The Kier molecular flexibility index (Phi) is 10.0. The van der Waals surface area contributed by atoms with E-state index in [1.165, 1.54) is 19.3 Å². The summed E-state index contributed by atoms with van der Waals surface area (Å²) in [6.07, 6.45) is 5.18. The van der Waals surface area contributed by atoms with Crippen LogP contribution in [0, 0.1) is 0 Å². The van der Waals surface area contributed by atoms with Gasteiger partial charge in [0.15, 0.2) is 0 Å². The van der Waals surface area contributed by atoms with Crippen LogP contribution in [-0.2, 0) is 37.4 Å². The summed E-state index contributed by atoms with van der Waals surface area (Å²) in [4.78, 5) is 23.1. The van der Waals surface area contributed by atoms with Gasteiger partial charge in [0.25, 0.3) is 5.91 Å². The van der Waals surface area contributed by atoms with E-state index in [0.29, 0.717) is 12.0 Å². The van der Waals surface area contributed by atoms with Gasteiger partial charge in [-0.3, -0.25) is 9.59 Å². The van der Waals surface area contributed by atoms with Gasteiger partial charge in [0.1, 0.15) is 12.3 Å². The van der Waals surface area contributed by atoms with Gasteiger partial charge in [-0.25, -0.2) is 9.03 Å². The molecule has 31 heavy (non-hydrogen) atoms. The topological polar surface area (TPSA) is 113 Å². The predicted octanol–water partition coefficient (Wildman–Crippen LogP) is 2.94. The number of hydrogen-bond acceptors (Lipinski definition) is 6. The average Bonchev–Trinajstić information content (AvgIpc) is 3.02. The number of benzene rings is 1. The molecule has 0 bridgehead atoms. The Bertz CT molecular complexity index is 993. The van der Waals surface area contributed by atoms with Crippen LogP contribution in [0.2, 0.25) is 0 Å². The van der Waals surface area contributed by atoms with Crippen molar-refractivity contribution in [1.29, 1.82) is 0 Å². The van der Waals surface area contributed by atoms with E-state index in [0.717, 1.165) is 15.4 Å². The fourth-order valence-electron chi connectivity index (χ4n) is 2.92. The molecule has 170 valence electrons. The van der Waals surface area contributed by atoms with Gasteiger partial charge >= 0.3 is 16.2 Å². The van der Waals surface area contributed by atoms with Crippen molar-refractivity contribution < 1.29 is 27.9 Å². The van der Waals surface area contributed by atoms with Gasteiger partial charge in [0, 0.05) is 0 Å². The minimum Gasteiger partial charge on any atom is -0.506 e. The van der Waals surface area contributed by atoms with Crippen LogP contribution in [0.3, 0.4) is 0 Å². The summed E-state index contributed by atoms with van der Waals surface area (Å²) in [5.41, 5.74) is 2.39. The number of hydrogen-bond donors (Lipinski definition) is 2. The molecule has 0 atom stereocenters. The number of rotatable bonds is 7. The van der Waals surface area contributed by atoms with Crippen molar-refractivity contribution in [3.8, 4) is 0 Å². The fraction of sp³-hybridized carbons (Fsp3) is 0.364. The highest BCUT2D eigenvalue weighted by atomic mass is 32.2. The predicted molar refractivity (Wildman–Crippen MR) is 119 cm³/mol. The van der Waals surface area contributed by atoms with E-state index in [4.69, 9.17) is 4.74 Å². The number of carbonyl (C=O) groups is 2. The van der Waals surface area contributed by atoms with Crippen LogP contribution < -0.4 is 4.72 Å². The molecule has 0 aliphatic carbocycles. The van der Waals surface area contributed by atoms with Gasteiger partial charge in [0.2, 0.25) is 0 Å². The van der Waals surface area contributed by atoms with E-state index in [1.54, 1.807) is 19.9 Å². The second-order valence-corrected chi connectivity index (χ2v) is 7.90. The van der Waals surface area contributed by atoms with Gasteiger partial charge in [0.05, 0.1) is 19.2 Å². The molecule has 9 heteroatoms. The Hall–Kier alpha value is -3.07. The molecule has 1 aliphatic rings. The first kappa shape index (κ1) is 26.0. The molecule has 1 aromatic carbocycles. The van der Waals surface area contributed by atoms with Crippen LogP contribution in [-0.4, -0.2) is 43.4 Å². The first-order valence-corrected chi connectivity index (χ1v) is 11.3. The molecular weight excluding hydrogens is 420 g/mol. The molecule has 1 saturated heterocycles. The lowest BCUT2D eigenvalue weighted by Crippen LogP contribution is -2.30. The van der Waals surface area contributed by atoms with Gasteiger partial charge in [-0.05, 0) is 43.0 Å². The van der Waals surface area contributed by atoms with Gasteiger partial charge in [-0.1, -0.05) is 50.3 Å². The standard InChI is InChI=1S/C20H24N2O6S.C2H6/c1-4-14(10-15-8-6-7-9-16(15)12-20(25)28-3)11-18(23)17(5-2)22-13-19(24)21-29(22,26)27;1-2/h4-9,11,23H,10,12-13H2,1-3H3,(H,21,24);1-2H3/b14-4-,17-5+,18-11+;. The van der Waals surface area contributed by atoms with Crippen molar-refractivity contribution in [3.63, 3.8) is 0 Å². The molecule has 0 radical (unpaired) electrons. The molecule has 2 rings (SSSR count). The molecule has 0 saturated carbocycles. The summed E-state index contributed by atoms with van der Waals surface area (Å²) in [6, 6.07) is 7.37. The van der Waals surface area contributed by atoms with Crippen molar-refractivity contribution in [2.24, 2.45) is 0 Å². The van der Waals surface area contributed by atoms with Crippen LogP contribution in [0.5, 0.6) is 0 Å². The highest BCUT2D eigenvalue weighted by Crippen LogP contribution is 2.23. The quantitative estimate of drug-likeness (QED) is 0.375. The zero-order chi connectivity index (χ0) is 23.6. The van der Waals surface area contributed by atoms with E-state index < -0.39 is 22.7 Å². The monoisotopic (exact) mass is 450 g/mol. The maximum atomic E-state index is 12.1. The smallest absolute Gasteiger partial charge is 0.326 e. The lowest BCUT2D eigenvalue weighted by molar-refractivity contribution is -0.139. The van der Waals surface area contributed by atoms with Gasteiger partial charge in [-0.15, -0.1) is 0 Å². The number of nitrogens with one attached hydrogen (secondary N) is 1. The largest absolute Gasteiger partial charge is 0.506 e. The van der Waals surface area contributed by atoms with E-state index in [1.807, 2.05) is 42.8 Å². The van der Waals surface area contributed by atoms with Gasteiger partial charge < -0.3 is 9.84 Å². The third kappa shape index (κ3) is 6.99. The van der Waals surface area contributed by atoms with Crippen LogP contribution in [0.4, 0.5) is 0 Å². The van der Waals surface area contributed by atoms with Gasteiger partial charge in [-0.2, -0.15) is 8.42 Å². The Morgan fingerprint density at radius 1 is 1.16 bits per heavy atom. The number of carbonyl (C=O) groups excluding carboxylic acids is 2. The molecule has 1 aromatic rings. The summed E-state index contributed by atoms with van der Waals surface area (Å²) < 4.78 is 31.5. The molecule has 8 nitrogen and oxygen atoms in total. The number of methoxy groups -OCH3 is 1. The number of allylic oxidation sites excluding steroid dienone is 4. The maximum absolute atomic E-state index is 12.1. The van der Waals surface area contributed by atoms with Crippen molar-refractivity contribution in [2.75, 3.05) is 13.7 Å². The molecule has 1 aliphatic heterocycles.